The van der Waals surface area contributed by atoms with Crippen LogP contribution in [0.4, 0.5) is 0 Å². The number of ketones is 1. The molecular weight excluding hydrogens is 272 g/mol. The first-order valence-electron chi connectivity index (χ1n) is 2.23. The Kier molecular flexibility index (Phi) is 1.69. The fourth-order valence-electron chi connectivity index (χ4n) is 0.440. The molecule has 1 nitrogen and oxygen atoms in total. The summed E-state index contributed by atoms with van der Waals surface area (Å²) >= 11 is 1.40. The van der Waals surface area contributed by atoms with E-state index in [2.05, 4.69) is 0 Å². The summed E-state index contributed by atoms with van der Waals surface area (Å²) in [5.74, 6) is 0.0926. The van der Waals surface area contributed by atoms with Crippen molar-refractivity contribution in [1.82, 2.24) is 0 Å². The van der Waals surface area contributed by atoms with Crippen LogP contribution in [0, 0.1) is 0 Å². The Hall–Kier alpha value is -0.292. The van der Waals surface area contributed by atoms with Gasteiger partial charge in [-0.15, -0.1) is 0 Å². The number of rotatable bonds is 0. The number of carbonyl (C=O) groups excluding carboxylic acids is 1. The van der Waals surface area contributed by atoms with Gasteiger partial charge in [0.05, 0.1) is 0 Å². The van der Waals surface area contributed by atoms with Crippen molar-refractivity contribution in [3.8, 4) is 0 Å². The molecule has 1 aliphatic rings. The first kappa shape index (κ1) is 5.84. The van der Waals surface area contributed by atoms with Crippen LogP contribution in [0.5, 0.6) is 0 Å². The Bertz CT molecular complexity index is 151. The Labute approximate surface area is 58.5 Å². The molecule has 0 amide bonds. The summed E-state index contributed by atoms with van der Waals surface area (Å²) in [5.41, 5.74) is 0. The molecule has 0 radical (unpaired) electrons. The summed E-state index contributed by atoms with van der Waals surface area (Å²) in [6.45, 7) is 0. The predicted octanol–water partition coefficient (Wildman–Crippen LogP) is 0.401. The maximum atomic E-state index is 10.4. The normalized spacial score (nSPS) is 17.5. The molecule has 0 saturated carbocycles. The van der Waals surface area contributed by atoms with E-state index >= 15 is 0 Å². The van der Waals surface area contributed by atoms with E-state index in [1.165, 1.54) is 23.3 Å². The van der Waals surface area contributed by atoms with Crippen LogP contribution in [0.2, 0.25) is 0 Å². The van der Waals surface area contributed by atoms with Crippen LogP contribution < -0.4 is 0 Å². The first-order chi connectivity index (χ1) is 3.79. The van der Waals surface area contributed by atoms with Gasteiger partial charge in [0.15, 0.2) is 0 Å². The summed E-state index contributed by atoms with van der Waals surface area (Å²) in [6.07, 6.45) is 6.86. The zero-order valence-corrected chi connectivity index (χ0v) is 7.06. The van der Waals surface area contributed by atoms with E-state index in [-0.39, 0.29) is 5.78 Å². The molecule has 8 heavy (non-hydrogen) atoms. The Morgan fingerprint density at radius 2 is 1.62 bits per heavy atom. The SMILES string of the molecule is O=C1C=C[C](=[W])C=C1. The Morgan fingerprint density at radius 3 is 2.00 bits per heavy atom. The first-order valence-corrected chi connectivity index (χ1v) is 3.70. The molecule has 0 atom stereocenters. The van der Waals surface area contributed by atoms with Crippen LogP contribution >= 0.6 is 0 Å². The summed E-state index contributed by atoms with van der Waals surface area (Å²) in [4.78, 5) is 10.4. The Balaban J connectivity index is 2.83. The number of hydrogen-bond donors (Lipinski definition) is 0. The third kappa shape index (κ3) is 1.34. The number of carbonyl (C=O) groups is 1. The molecule has 0 aromatic carbocycles. The van der Waals surface area contributed by atoms with Gasteiger partial charge in [-0.1, -0.05) is 0 Å². The maximum absolute atomic E-state index is 10.4. The molecule has 0 unspecified atom stereocenters. The van der Waals surface area contributed by atoms with Gasteiger partial charge < -0.3 is 0 Å². The van der Waals surface area contributed by atoms with Gasteiger partial charge in [0.1, 0.15) is 0 Å². The molecular formula is C6H4OW. The van der Waals surface area contributed by atoms with E-state index < -0.39 is 0 Å². The molecule has 0 N–H and O–H groups in total. The zero-order chi connectivity index (χ0) is 5.98. The average molecular weight is 276 g/mol. The van der Waals surface area contributed by atoms with E-state index in [0.29, 0.717) is 0 Å². The summed E-state index contributed by atoms with van der Waals surface area (Å²) < 4.78 is 1.21. The van der Waals surface area contributed by atoms with Gasteiger partial charge in [-0.05, 0) is 0 Å². The van der Waals surface area contributed by atoms with Gasteiger partial charge >= 0.3 is 58.1 Å². The molecule has 0 heterocycles. The minimum absolute atomic E-state index is 0.0926. The van der Waals surface area contributed by atoms with Crippen LogP contribution in [-0.4, -0.2) is 9.68 Å². The van der Waals surface area contributed by atoms with Crippen molar-refractivity contribution < 1.29 is 24.1 Å². The monoisotopic (exact) mass is 276 g/mol. The van der Waals surface area contributed by atoms with Gasteiger partial charge in [0.2, 0.25) is 0 Å². The fourth-order valence-corrected chi connectivity index (χ4v) is 0.929. The molecule has 1 rings (SSSR count). The molecule has 0 aromatic heterocycles. The molecule has 0 aliphatic heterocycles. The standard InChI is InChI=1S/C6H4O.W/c7-6-4-2-1-3-5-6;/h2-5H;. The van der Waals surface area contributed by atoms with E-state index in [4.69, 9.17) is 0 Å². The van der Waals surface area contributed by atoms with Crippen LogP contribution in [0.3, 0.4) is 0 Å². The molecule has 1 aliphatic carbocycles. The second-order valence-corrected chi connectivity index (χ2v) is 3.17. The van der Waals surface area contributed by atoms with Crippen molar-refractivity contribution >= 4 is 9.68 Å². The van der Waals surface area contributed by atoms with E-state index in [1.807, 2.05) is 12.2 Å². The van der Waals surface area contributed by atoms with Gasteiger partial charge in [0, 0.05) is 0 Å². The van der Waals surface area contributed by atoms with Gasteiger partial charge in [0.25, 0.3) is 0 Å². The van der Waals surface area contributed by atoms with Crippen molar-refractivity contribution in [2.24, 2.45) is 0 Å². The summed E-state index contributed by atoms with van der Waals surface area (Å²) in [7, 11) is 0. The van der Waals surface area contributed by atoms with Crippen molar-refractivity contribution in [2.45, 2.75) is 0 Å². The topological polar surface area (TPSA) is 17.1 Å². The van der Waals surface area contributed by atoms with Gasteiger partial charge in [-0.2, -0.15) is 0 Å². The van der Waals surface area contributed by atoms with E-state index in [9.17, 15) is 4.79 Å². The van der Waals surface area contributed by atoms with Crippen LogP contribution in [0.15, 0.2) is 24.3 Å². The average Bonchev–Trinajstić information content (AvgIpc) is 1.77. The number of allylic oxidation sites excluding steroid dienone is 4. The number of hydrogen-bond acceptors (Lipinski definition) is 1. The van der Waals surface area contributed by atoms with Crippen molar-refractivity contribution in [1.29, 1.82) is 0 Å². The summed E-state index contributed by atoms with van der Waals surface area (Å²) in [6, 6.07) is 0. The third-order valence-corrected chi connectivity index (χ3v) is 1.80. The molecule has 0 aromatic rings. The van der Waals surface area contributed by atoms with Crippen LogP contribution in [0.1, 0.15) is 0 Å². The van der Waals surface area contributed by atoms with Crippen LogP contribution in [0.25, 0.3) is 0 Å². The van der Waals surface area contributed by atoms with E-state index in [1.54, 1.807) is 12.2 Å². The molecule has 2 heteroatoms. The second kappa shape index (κ2) is 2.32. The minimum atomic E-state index is 0.0926. The van der Waals surface area contributed by atoms with E-state index in [0.717, 1.165) is 0 Å². The Morgan fingerprint density at radius 1 is 1.12 bits per heavy atom. The second-order valence-electron chi connectivity index (χ2n) is 1.47. The molecule has 0 fully saturated rings. The molecule has 0 spiro atoms. The van der Waals surface area contributed by atoms with Crippen LogP contribution in [-0.2, 0) is 24.1 Å². The van der Waals surface area contributed by atoms with Gasteiger partial charge in [-0.3, -0.25) is 0 Å². The summed E-state index contributed by atoms with van der Waals surface area (Å²) in [5, 5.41) is 0. The zero-order valence-electron chi connectivity index (χ0n) is 4.13. The van der Waals surface area contributed by atoms with Crippen molar-refractivity contribution in [3.05, 3.63) is 24.3 Å². The van der Waals surface area contributed by atoms with Crippen molar-refractivity contribution in [3.63, 3.8) is 0 Å². The predicted molar refractivity (Wildman–Crippen MR) is 28.3 cm³/mol. The fraction of sp³-hybridized carbons (Fsp3) is 0. The third-order valence-electron chi connectivity index (χ3n) is 0.824. The quantitative estimate of drug-likeness (QED) is 0.626. The molecule has 40 valence electrons. The van der Waals surface area contributed by atoms with Gasteiger partial charge in [-0.25, -0.2) is 0 Å². The molecule has 0 saturated heterocycles. The van der Waals surface area contributed by atoms with Crippen molar-refractivity contribution in [2.75, 3.05) is 0 Å². The molecule has 0 bridgehead atoms.